The van der Waals surface area contributed by atoms with Crippen molar-refractivity contribution in [2.45, 2.75) is 19.8 Å². The van der Waals surface area contributed by atoms with E-state index in [1.54, 1.807) is 24.3 Å². The van der Waals surface area contributed by atoms with Crippen LogP contribution in [0.15, 0.2) is 24.3 Å². The first kappa shape index (κ1) is 13.5. The normalized spacial score (nSPS) is 11.4. The molecule has 19 heavy (non-hydrogen) atoms. The standard InChI is InChI=1S/C11H15N5O2S/c1-2-3-8-19(17,18)14-10-6-4-9(5-7-10)11-12-15-16-13-11/h4-7,14H,2-3,8H2,1H3,(H,12,13,15,16). The molecule has 0 aliphatic heterocycles. The summed E-state index contributed by atoms with van der Waals surface area (Å²) in [7, 11) is -3.26. The molecule has 0 amide bonds. The lowest BCUT2D eigenvalue weighted by molar-refractivity contribution is 0.598. The quantitative estimate of drug-likeness (QED) is 0.833. The van der Waals surface area contributed by atoms with Crippen molar-refractivity contribution in [2.75, 3.05) is 10.5 Å². The molecular weight excluding hydrogens is 266 g/mol. The summed E-state index contributed by atoms with van der Waals surface area (Å²) in [6.07, 6.45) is 1.49. The topological polar surface area (TPSA) is 101 Å². The predicted octanol–water partition coefficient (Wildman–Crippen LogP) is 1.41. The van der Waals surface area contributed by atoms with Crippen LogP contribution in [0.25, 0.3) is 11.4 Å². The van der Waals surface area contributed by atoms with E-state index in [0.717, 1.165) is 12.0 Å². The van der Waals surface area contributed by atoms with Crippen LogP contribution in [-0.4, -0.2) is 34.8 Å². The van der Waals surface area contributed by atoms with Crippen molar-refractivity contribution in [3.63, 3.8) is 0 Å². The highest BCUT2D eigenvalue weighted by Crippen LogP contribution is 2.17. The number of nitrogens with one attached hydrogen (secondary N) is 2. The highest BCUT2D eigenvalue weighted by atomic mass is 32.2. The maximum atomic E-state index is 11.7. The summed E-state index contributed by atoms with van der Waals surface area (Å²) in [6.45, 7) is 1.95. The van der Waals surface area contributed by atoms with Gasteiger partial charge in [0.15, 0.2) is 0 Å². The van der Waals surface area contributed by atoms with Crippen LogP contribution in [0.3, 0.4) is 0 Å². The SMILES string of the molecule is CCCCS(=O)(=O)Nc1ccc(-c2nn[nH]n2)cc1. The molecule has 0 radical (unpaired) electrons. The first-order valence-corrected chi connectivity index (χ1v) is 7.60. The van der Waals surface area contributed by atoms with Gasteiger partial charge in [0.05, 0.1) is 5.75 Å². The van der Waals surface area contributed by atoms with E-state index in [2.05, 4.69) is 25.3 Å². The van der Waals surface area contributed by atoms with Gasteiger partial charge in [-0.1, -0.05) is 13.3 Å². The number of aromatic nitrogens is 4. The Hall–Kier alpha value is -1.96. The van der Waals surface area contributed by atoms with Crippen molar-refractivity contribution in [3.05, 3.63) is 24.3 Å². The lowest BCUT2D eigenvalue weighted by Gasteiger charge is -2.07. The molecule has 7 nitrogen and oxygen atoms in total. The lowest BCUT2D eigenvalue weighted by Crippen LogP contribution is -2.16. The van der Waals surface area contributed by atoms with E-state index in [9.17, 15) is 8.42 Å². The van der Waals surface area contributed by atoms with Gasteiger partial charge >= 0.3 is 0 Å². The van der Waals surface area contributed by atoms with Gasteiger partial charge in [0.1, 0.15) is 0 Å². The molecule has 0 aliphatic carbocycles. The summed E-state index contributed by atoms with van der Waals surface area (Å²) < 4.78 is 26.0. The van der Waals surface area contributed by atoms with Crippen molar-refractivity contribution < 1.29 is 8.42 Å². The largest absolute Gasteiger partial charge is 0.284 e. The molecule has 0 spiro atoms. The van der Waals surface area contributed by atoms with Crippen LogP contribution in [0.1, 0.15) is 19.8 Å². The minimum atomic E-state index is -3.26. The molecule has 0 saturated carbocycles. The fraction of sp³-hybridized carbons (Fsp3) is 0.364. The van der Waals surface area contributed by atoms with E-state index in [1.807, 2.05) is 6.92 Å². The van der Waals surface area contributed by atoms with Crippen LogP contribution in [0, 0.1) is 0 Å². The Morgan fingerprint density at radius 2 is 2.00 bits per heavy atom. The zero-order chi connectivity index (χ0) is 13.7. The number of H-pyrrole nitrogens is 1. The third-order valence-electron chi connectivity index (χ3n) is 2.53. The Labute approximate surface area is 111 Å². The van der Waals surface area contributed by atoms with Crippen LogP contribution in [0.4, 0.5) is 5.69 Å². The number of aromatic amines is 1. The second-order valence-electron chi connectivity index (χ2n) is 4.09. The van der Waals surface area contributed by atoms with E-state index in [1.165, 1.54) is 0 Å². The fourth-order valence-electron chi connectivity index (χ4n) is 1.54. The lowest BCUT2D eigenvalue weighted by atomic mass is 10.2. The Balaban J connectivity index is 2.07. The molecular formula is C11H15N5O2S. The monoisotopic (exact) mass is 281 g/mol. The van der Waals surface area contributed by atoms with Gasteiger partial charge in [0, 0.05) is 11.3 Å². The van der Waals surface area contributed by atoms with Crippen LogP contribution in [0.2, 0.25) is 0 Å². The number of anilines is 1. The van der Waals surface area contributed by atoms with Gasteiger partial charge in [0.2, 0.25) is 15.8 Å². The molecule has 8 heteroatoms. The minimum absolute atomic E-state index is 0.135. The molecule has 1 heterocycles. The van der Waals surface area contributed by atoms with Crippen LogP contribution in [-0.2, 0) is 10.0 Å². The van der Waals surface area contributed by atoms with E-state index in [0.29, 0.717) is 17.9 Å². The van der Waals surface area contributed by atoms with Gasteiger partial charge in [-0.25, -0.2) is 8.42 Å². The highest BCUT2D eigenvalue weighted by Gasteiger charge is 2.10. The molecule has 2 rings (SSSR count). The van der Waals surface area contributed by atoms with Crippen molar-refractivity contribution in [1.82, 2.24) is 20.6 Å². The second-order valence-corrected chi connectivity index (χ2v) is 5.93. The molecule has 2 aromatic rings. The average molecular weight is 281 g/mol. The first-order chi connectivity index (χ1) is 9.11. The average Bonchev–Trinajstić information content (AvgIpc) is 2.91. The number of benzene rings is 1. The highest BCUT2D eigenvalue weighted by molar-refractivity contribution is 7.92. The zero-order valence-electron chi connectivity index (χ0n) is 10.5. The summed E-state index contributed by atoms with van der Waals surface area (Å²) in [5, 5.41) is 13.5. The van der Waals surface area contributed by atoms with E-state index in [-0.39, 0.29) is 5.75 Å². The van der Waals surface area contributed by atoms with Crippen molar-refractivity contribution in [1.29, 1.82) is 0 Å². The number of unbranched alkanes of at least 4 members (excludes halogenated alkanes) is 1. The number of sulfonamides is 1. The molecule has 0 bridgehead atoms. The van der Waals surface area contributed by atoms with Crippen molar-refractivity contribution in [2.24, 2.45) is 0 Å². The van der Waals surface area contributed by atoms with Crippen LogP contribution in [0.5, 0.6) is 0 Å². The summed E-state index contributed by atoms with van der Waals surface area (Å²) in [5.74, 6) is 0.608. The maximum Gasteiger partial charge on any atom is 0.232 e. The van der Waals surface area contributed by atoms with Gasteiger partial charge in [-0.2, -0.15) is 5.21 Å². The number of rotatable bonds is 6. The van der Waals surface area contributed by atoms with Crippen LogP contribution < -0.4 is 4.72 Å². The molecule has 2 N–H and O–H groups in total. The van der Waals surface area contributed by atoms with Crippen molar-refractivity contribution >= 4 is 15.7 Å². The zero-order valence-corrected chi connectivity index (χ0v) is 11.3. The van der Waals surface area contributed by atoms with E-state index < -0.39 is 10.0 Å². The third kappa shape index (κ3) is 3.75. The molecule has 0 fully saturated rings. The number of hydrogen-bond acceptors (Lipinski definition) is 5. The van der Waals surface area contributed by atoms with Crippen LogP contribution >= 0.6 is 0 Å². The molecule has 0 atom stereocenters. The Morgan fingerprint density at radius 1 is 1.26 bits per heavy atom. The smallest absolute Gasteiger partial charge is 0.232 e. The van der Waals surface area contributed by atoms with Gasteiger partial charge in [-0.05, 0) is 35.9 Å². The molecule has 0 saturated heterocycles. The van der Waals surface area contributed by atoms with Gasteiger partial charge in [-0.15, -0.1) is 10.2 Å². The summed E-state index contributed by atoms with van der Waals surface area (Å²) >= 11 is 0. The Kier molecular flexibility index (Phi) is 4.10. The Morgan fingerprint density at radius 3 is 2.58 bits per heavy atom. The number of tetrazole rings is 1. The number of hydrogen-bond donors (Lipinski definition) is 2. The molecule has 1 aromatic heterocycles. The van der Waals surface area contributed by atoms with E-state index in [4.69, 9.17) is 0 Å². The fourth-order valence-corrected chi connectivity index (χ4v) is 2.80. The minimum Gasteiger partial charge on any atom is -0.284 e. The second kappa shape index (κ2) is 5.79. The Bertz CT molecular complexity index is 607. The number of nitrogens with zero attached hydrogens (tertiary/aromatic N) is 3. The molecule has 102 valence electrons. The summed E-state index contributed by atoms with van der Waals surface area (Å²) in [6, 6.07) is 6.83. The maximum absolute atomic E-state index is 11.7. The van der Waals surface area contributed by atoms with Gasteiger partial charge in [-0.3, -0.25) is 4.72 Å². The van der Waals surface area contributed by atoms with Crippen molar-refractivity contribution in [3.8, 4) is 11.4 Å². The third-order valence-corrected chi connectivity index (χ3v) is 3.90. The molecule has 1 aromatic carbocycles. The van der Waals surface area contributed by atoms with Gasteiger partial charge in [0.25, 0.3) is 0 Å². The first-order valence-electron chi connectivity index (χ1n) is 5.95. The summed E-state index contributed by atoms with van der Waals surface area (Å²) in [5.41, 5.74) is 1.30. The molecule has 0 unspecified atom stereocenters. The molecule has 0 aliphatic rings. The summed E-state index contributed by atoms with van der Waals surface area (Å²) in [4.78, 5) is 0. The predicted molar refractivity (Wildman–Crippen MR) is 71.9 cm³/mol. The van der Waals surface area contributed by atoms with E-state index >= 15 is 0 Å². The van der Waals surface area contributed by atoms with Gasteiger partial charge < -0.3 is 0 Å².